The van der Waals surface area contributed by atoms with Crippen LogP contribution in [0.1, 0.15) is 25.5 Å². The second kappa shape index (κ2) is 6.80. The molecule has 0 aliphatic carbocycles. The number of anilines is 1. The van der Waals surface area contributed by atoms with Crippen LogP contribution in [0, 0.1) is 5.92 Å². The molecule has 7 heteroatoms. The van der Waals surface area contributed by atoms with Gasteiger partial charge in [0.15, 0.2) is 11.5 Å². The van der Waals surface area contributed by atoms with Crippen molar-refractivity contribution in [2.75, 3.05) is 4.90 Å². The molecule has 6 nitrogen and oxygen atoms in total. The van der Waals surface area contributed by atoms with Crippen LogP contribution in [-0.2, 0) is 9.59 Å². The van der Waals surface area contributed by atoms with Gasteiger partial charge < -0.3 is 10.2 Å². The van der Waals surface area contributed by atoms with Gasteiger partial charge in [0.1, 0.15) is 5.75 Å². The lowest BCUT2D eigenvalue weighted by atomic mass is 9.91. The van der Waals surface area contributed by atoms with E-state index in [1.165, 1.54) is 35.5 Å². The Kier molecular flexibility index (Phi) is 4.70. The van der Waals surface area contributed by atoms with E-state index < -0.39 is 23.6 Å². The molecule has 1 atom stereocenters. The molecule has 2 heterocycles. The number of amides is 1. The van der Waals surface area contributed by atoms with Crippen LogP contribution < -0.4 is 4.90 Å². The van der Waals surface area contributed by atoms with Gasteiger partial charge in [0.05, 0.1) is 17.3 Å². The number of aromatic hydroxyl groups is 1. The van der Waals surface area contributed by atoms with Gasteiger partial charge in [0.25, 0.3) is 5.91 Å². The second-order valence-electron chi connectivity index (χ2n) is 6.27. The smallest absolute Gasteiger partial charge is 0.294 e. The third-order valence-corrected chi connectivity index (χ3v) is 4.45. The Morgan fingerprint density at radius 3 is 2.46 bits per heavy atom. The fourth-order valence-electron chi connectivity index (χ4n) is 2.97. The number of aliphatic hydroxyl groups excluding tert-OH is 1. The summed E-state index contributed by atoms with van der Waals surface area (Å²) in [6, 6.07) is 6.67. The Hall–Kier alpha value is -2.86. The normalized spacial score (nSPS) is 17.3. The zero-order valence-electron chi connectivity index (χ0n) is 14.2. The van der Waals surface area contributed by atoms with E-state index >= 15 is 0 Å². The second-order valence-corrected chi connectivity index (χ2v) is 6.71. The number of halogens is 1. The maximum absolute atomic E-state index is 12.8. The molecule has 134 valence electrons. The van der Waals surface area contributed by atoms with E-state index in [1.807, 2.05) is 0 Å². The van der Waals surface area contributed by atoms with Crippen LogP contribution in [0.5, 0.6) is 5.75 Å². The number of carbonyl (C=O) groups is 2. The Morgan fingerprint density at radius 1 is 1.19 bits per heavy atom. The van der Waals surface area contributed by atoms with Gasteiger partial charge in [-0.2, -0.15) is 0 Å². The maximum Gasteiger partial charge on any atom is 0.294 e. The van der Waals surface area contributed by atoms with Crippen molar-refractivity contribution >= 4 is 29.0 Å². The molecule has 1 aliphatic heterocycles. The highest BCUT2D eigenvalue weighted by atomic mass is 35.5. The van der Waals surface area contributed by atoms with Crippen molar-refractivity contribution in [2.45, 2.75) is 19.9 Å². The van der Waals surface area contributed by atoms with E-state index in [0.29, 0.717) is 10.6 Å². The standard InChI is InChI=1S/C19H17ClN2O4/c1-10(2)17(24)15-16(11-5-7-21-8-6-11)22(19(26)18(15)25)13-9-12(20)3-4-14(13)23/h3-10,16,23,25H,1-2H3. The molecule has 0 spiro atoms. The molecule has 1 aliphatic rings. The van der Waals surface area contributed by atoms with Crippen LogP contribution in [0.4, 0.5) is 5.69 Å². The number of ketones is 1. The molecule has 3 rings (SSSR count). The SMILES string of the molecule is CC(C)C(=O)C1=C(O)C(=O)N(c2cc(Cl)ccc2O)C1c1ccncc1. The number of rotatable bonds is 4. The summed E-state index contributed by atoms with van der Waals surface area (Å²) in [5, 5.41) is 21.0. The first-order valence-electron chi connectivity index (χ1n) is 8.02. The van der Waals surface area contributed by atoms with Gasteiger partial charge in [0.2, 0.25) is 0 Å². The number of benzene rings is 1. The molecule has 2 aromatic rings. The van der Waals surface area contributed by atoms with Gasteiger partial charge in [-0.15, -0.1) is 0 Å². The summed E-state index contributed by atoms with van der Waals surface area (Å²) < 4.78 is 0. The zero-order chi connectivity index (χ0) is 19.0. The monoisotopic (exact) mass is 372 g/mol. The van der Waals surface area contributed by atoms with Gasteiger partial charge in [-0.05, 0) is 35.9 Å². The molecule has 1 aromatic heterocycles. The van der Waals surface area contributed by atoms with E-state index in [-0.39, 0.29) is 22.8 Å². The van der Waals surface area contributed by atoms with Gasteiger partial charge >= 0.3 is 0 Å². The lowest BCUT2D eigenvalue weighted by Gasteiger charge is -2.27. The van der Waals surface area contributed by atoms with Gasteiger partial charge in [-0.3, -0.25) is 19.5 Å². The molecule has 0 radical (unpaired) electrons. The molecule has 2 N–H and O–H groups in total. The van der Waals surface area contributed by atoms with E-state index in [9.17, 15) is 19.8 Å². The molecule has 0 fully saturated rings. The molecular formula is C19H17ClN2O4. The zero-order valence-corrected chi connectivity index (χ0v) is 14.9. The quantitative estimate of drug-likeness (QED) is 0.856. The highest BCUT2D eigenvalue weighted by Gasteiger charge is 2.45. The number of phenolic OH excluding ortho intramolecular Hbond substituents is 1. The molecule has 1 amide bonds. The van der Waals surface area contributed by atoms with Gasteiger partial charge in [-0.25, -0.2) is 0 Å². The molecular weight excluding hydrogens is 356 g/mol. The van der Waals surface area contributed by atoms with Gasteiger partial charge in [0, 0.05) is 23.3 Å². The van der Waals surface area contributed by atoms with Crippen LogP contribution in [-0.4, -0.2) is 26.9 Å². The predicted octanol–water partition coefficient (Wildman–Crippen LogP) is 3.57. The minimum Gasteiger partial charge on any atom is -0.506 e. The lowest BCUT2D eigenvalue weighted by molar-refractivity contribution is -0.119. The summed E-state index contributed by atoms with van der Waals surface area (Å²) in [6.45, 7) is 3.38. The van der Waals surface area contributed by atoms with Crippen molar-refractivity contribution in [3.8, 4) is 5.75 Å². The number of aliphatic hydroxyl groups is 1. The molecule has 1 unspecified atom stereocenters. The topological polar surface area (TPSA) is 90.7 Å². The summed E-state index contributed by atoms with van der Waals surface area (Å²) in [5.41, 5.74) is 0.693. The van der Waals surface area contributed by atoms with E-state index in [1.54, 1.807) is 26.0 Å². The fourth-order valence-corrected chi connectivity index (χ4v) is 3.13. The number of pyridine rings is 1. The number of hydrogen-bond donors (Lipinski definition) is 2. The first-order chi connectivity index (χ1) is 12.3. The third-order valence-electron chi connectivity index (χ3n) is 4.22. The number of phenols is 1. The predicted molar refractivity (Wildman–Crippen MR) is 97.1 cm³/mol. The molecule has 0 bridgehead atoms. The number of hydrogen-bond acceptors (Lipinski definition) is 5. The summed E-state index contributed by atoms with van der Waals surface area (Å²) in [6.07, 6.45) is 3.06. The van der Waals surface area contributed by atoms with Crippen molar-refractivity contribution in [3.63, 3.8) is 0 Å². The Balaban J connectivity index is 2.23. The largest absolute Gasteiger partial charge is 0.506 e. The van der Waals surface area contributed by atoms with Crippen LogP contribution in [0.15, 0.2) is 54.1 Å². The Bertz CT molecular complexity index is 909. The highest BCUT2D eigenvalue weighted by Crippen LogP contribution is 2.44. The number of Topliss-reactive ketones (excluding diaryl/α,β-unsaturated/α-hetero) is 1. The maximum atomic E-state index is 12.8. The van der Waals surface area contributed by atoms with Crippen LogP contribution in [0.3, 0.4) is 0 Å². The fraction of sp³-hybridized carbons (Fsp3) is 0.211. The lowest BCUT2D eigenvalue weighted by Crippen LogP contribution is -2.31. The summed E-state index contributed by atoms with van der Waals surface area (Å²) >= 11 is 6.02. The van der Waals surface area contributed by atoms with Crippen molar-refractivity contribution in [2.24, 2.45) is 5.92 Å². The van der Waals surface area contributed by atoms with E-state index in [2.05, 4.69) is 4.98 Å². The summed E-state index contributed by atoms with van der Waals surface area (Å²) in [5.74, 6) is -2.34. The molecule has 26 heavy (non-hydrogen) atoms. The van der Waals surface area contributed by atoms with Gasteiger partial charge in [-0.1, -0.05) is 25.4 Å². The molecule has 0 saturated heterocycles. The van der Waals surface area contributed by atoms with E-state index in [0.717, 1.165) is 0 Å². The van der Waals surface area contributed by atoms with E-state index in [4.69, 9.17) is 11.6 Å². The molecule has 1 aromatic carbocycles. The minimum atomic E-state index is -0.884. The average molecular weight is 373 g/mol. The average Bonchev–Trinajstić information content (AvgIpc) is 2.88. The van der Waals surface area contributed by atoms with Crippen molar-refractivity contribution in [1.82, 2.24) is 4.98 Å². The first kappa shape index (κ1) is 17.9. The Labute approximate surface area is 155 Å². The van der Waals surface area contributed by atoms with Crippen molar-refractivity contribution in [1.29, 1.82) is 0 Å². The highest BCUT2D eigenvalue weighted by molar-refractivity contribution is 6.31. The third kappa shape index (κ3) is 2.93. The first-order valence-corrected chi connectivity index (χ1v) is 8.40. The number of aromatic nitrogens is 1. The van der Waals surface area contributed by atoms with Crippen LogP contribution >= 0.6 is 11.6 Å². The van der Waals surface area contributed by atoms with Crippen LogP contribution in [0.25, 0.3) is 0 Å². The molecule has 0 saturated carbocycles. The number of carbonyl (C=O) groups excluding carboxylic acids is 2. The summed E-state index contributed by atoms with van der Waals surface area (Å²) in [7, 11) is 0. The van der Waals surface area contributed by atoms with Crippen LogP contribution in [0.2, 0.25) is 5.02 Å². The Morgan fingerprint density at radius 2 is 1.85 bits per heavy atom. The van der Waals surface area contributed by atoms with Crippen molar-refractivity contribution < 1.29 is 19.8 Å². The van der Waals surface area contributed by atoms with Crippen molar-refractivity contribution in [3.05, 3.63) is 64.6 Å². The number of nitrogens with zero attached hydrogens (tertiary/aromatic N) is 2. The minimum absolute atomic E-state index is 0.00410. The summed E-state index contributed by atoms with van der Waals surface area (Å²) in [4.78, 5) is 30.6.